The van der Waals surface area contributed by atoms with E-state index < -0.39 is 35.8 Å². The van der Waals surface area contributed by atoms with Crippen LogP contribution in [-0.4, -0.2) is 60.3 Å². The molecule has 0 aromatic carbocycles. The van der Waals surface area contributed by atoms with Gasteiger partial charge in [-0.05, 0) is 34.1 Å². The minimum Gasteiger partial charge on any atom is -0.462 e. The highest BCUT2D eigenvalue weighted by Gasteiger charge is 2.22. The van der Waals surface area contributed by atoms with E-state index in [1.165, 1.54) is 0 Å². The van der Waals surface area contributed by atoms with E-state index in [0.717, 1.165) is 0 Å². The number of carbonyl (C=O) groups is 4. The standard InChI is InChI=1S/C16H29N3O6S/c1-9(2)24-14(21)7-18-15(22)12(8-26)19-13(20)6-5-11(17)16(23)25-10(3)4/h9-12,26H,5-8,17H2,1-4H3,(H,18,22)(H,19,20)/t11?,12-/m0/s1. The first-order valence-electron chi connectivity index (χ1n) is 8.40. The minimum absolute atomic E-state index is 0.0399. The summed E-state index contributed by atoms with van der Waals surface area (Å²) in [5, 5.41) is 4.85. The van der Waals surface area contributed by atoms with Gasteiger partial charge in [0.2, 0.25) is 11.8 Å². The van der Waals surface area contributed by atoms with Gasteiger partial charge >= 0.3 is 11.9 Å². The third-order valence-electron chi connectivity index (χ3n) is 2.95. The van der Waals surface area contributed by atoms with Gasteiger partial charge in [0.25, 0.3) is 0 Å². The van der Waals surface area contributed by atoms with Gasteiger partial charge in [-0.2, -0.15) is 12.6 Å². The molecule has 0 aliphatic rings. The van der Waals surface area contributed by atoms with E-state index in [2.05, 4.69) is 23.3 Å². The van der Waals surface area contributed by atoms with Crippen LogP contribution >= 0.6 is 12.6 Å². The second-order valence-electron chi connectivity index (χ2n) is 6.19. The molecule has 26 heavy (non-hydrogen) atoms. The summed E-state index contributed by atoms with van der Waals surface area (Å²) in [7, 11) is 0. The largest absolute Gasteiger partial charge is 0.462 e. The summed E-state index contributed by atoms with van der Waals surface area (Å²) in [5.41, 5.74) is 5.66. The Labute approximate surface area is 159 Å². The first-order chi connectivity index (χ1) is 12.1. The Balaban J connectivity index is 4.31. The number of thiol groups is 1. The van der Waals surface area contributed by atoms with Crippen LogP contribution < -0.4 is 16.4 Å². The van der Waals surface area contributed by atoms with Crippen LogP contribution in [0.3, 0.4) is 0 Å². The summed E-state index contributed by atoms with van der Waals surface area (Å²) in [4.78, 5) is 46.9. The lowest BCUT2D eigenvalue weighted by molar-refractivity contribution is -0.149. The number of esters is 2. The lowest BCUT2D eigenvalue weighted by atomic mass is 10.1. The zero-order chi connectivity index (χ0) is 20.3. The van der Waals surface area contributed by atoms with Gasteiger partial charge in [-0.3, -0.25) is 19.2 Å². The third-order valence-corrected chi connectivity index (χ3v) is 3.31. The molecule has 0 bridgehead atoms. The Morgan fingerprint density at radius 2 is 1.62 bits per heavy atom. The number of carbonyl (C=O) groups excluding carboxylic acids is 4. The van der Waals surface area contributed by atoms with Crippen LogP contribution in [0.25, 0.3) is 0 Å². The van der Waals surface area contributed by atoms with Crippen LogP contribution in [0.5, 0.6) is 0 Å². The van der Waals surface area contributed by atoms with E-state index in [1.807, 2.05) is 0 Å². The highest BCUT2D eigenvalue weighted by Crippen LogP contribution is 2.01. The van der Waals surface area contributed by atoms with E-state index in [0.29, 0.717) is 0 Å². The fourth-order valence-electron chi connectivity index (χ4n) is 1.77. The van der Waals surface area contributed by atoms with Crippen LogP contribution in [0.2, 0.25) is 0 Å². The van der Waals surface area contributed by atoms with Crippen molar-refractivity contribution < 1.29 is 28.7 Å². The molecule has 10 heteroatoms. The molecular formula is C16H29N3O6S. The fourth-order valence-corrected chi connectivity index (χ4v) is 2.03. The SMILES string of the molecule is CC(C)OC(=O)CNC(=O)[C@H](CS)NC(=O)CCC(N)C(=O)OC(C)C. The molecule has 0 aromatic rings. The van der Waals surface area contributed by atoms with Crippen molar-refractivity contribution in [2.24, 2.45) is 5.73 Å². The molecule has 0 aromatic heterocycles. The summed E-state index contributed by atoms with van der Waals surface area (Å²) in [6.45, 7) is 6.48. The van der Waals surface area contributed by atoms with Crippen molar-refractivity contribution in [3.8, 4) is 0 Å². The van der Waals surface area contributed by atoms with E-state index in [9.17, 15) is 19.2 Å². The topological polar surface area (TPSA) is 137 Å². The first kappa shape index (κ1) is 24.2. The zero-order valence-electron chi connectivity index (χ0n) is 15.6. The van der Waals surface area contributed by atoms with Gasteiger partial charge in [0.15, 0.2) is 0 Å². The Kier molecular flexibility index (Phi) is 11.7. The molecule has 1 unspecified atom stereocenters. The predicted molar refractivity (Wildman–Crippen MR) is 98.5 cm³/mol. The Hall–Kier alpha value is -1.81. The van der Waals surface area contributed by atoms with Gasteiger partial charge in [-0.1, -0.05) is 0 Å². The van der Waals surface area contributed by atoms with Crippen molar-refractivity contribution in [1.29, 1.82) is 0 Å². The van der Waals surface area contributed by atoms with Gasteiger partial charge in [-0.15, -0.1) is 0 Å². The number of ether oxygens (including phenoxy) is 2. The Bertz CT molecular complexity index is 498. The van der Waals surface area contributed by atoms with Crippen molar-refractivity contribution in [3.63, 3.8) is 0 Å². The van der Waals surface area contributed by atoms with Crippen LogP contribution in [0.15, 0.2) is 0 Å². The number of rotatable bonds is 11. The molecule has 0 radical (unpaired) electrons. The molecule has 0 fully saturated rings. The number of nitrogens with two attached hydrogens (primary N) is 1. The van der Waals surface area contributed by atoms with E-state index in [4.69, 9.17) is 15.2 Å². The van der Waals surface area contributed by atoms with Crippen molar-refractivity contribution in [1.82, 2.24) is 10.6 Å². The molecule has 0 heterocycles. The number of amides is 2. The average Bonchev–Trinajstić information content (AvgIpc) is 2.53. The Morgan fingerprint density at radius 3 is 2.12 bits per heavy atom. The average molecular weight is 391 g/mol. The maximum atomic E-state index is 12.0. The van der Waals surface area contributed by atoms with Gasteiger partial charge in [-0.25, -0.2) is 0 Å². The predicted octanol–water partition coefficient (Wildman–Crippen LogP) is -0.472. The van der Waals surface area contributed by atoms with Gasteiger partial charge < -0.3 is 25.8 Å². The maximum absolute atomic E-state index is 12.0. The lowest BCUT2D eigenvalue weighted by Crippen LogP contribution is -2.49. The van der Waals surface area contributed by atoms with Crippen molar-refractivity contribution in [2.75, 3.05) is 12.3 Å². The molecule has 4 N–H and O–H groups in total. The lowest BCUT2D eigenvalue weighted by Gasteiger charge is -2.17. The normalized spacial score (nSPS) is 13.1. The maximum Gasteiger partial charge on any atom is 0.325 e. The first-order valence-corrected chi connectivity index (χ1v) is 9.03. The van der Waals surface area contributed by atoms with E-state index in [-0.39, 0.29) is 37.3 Å². The quantitative estimate of drug-likeness (QED) is 0.276. The smallest absolute Gasteiger partial charge is 0.325 e. The van der Waals surface area contributed by atoms with Crippen molar-refractivity contribution in [3.05, 3.63) is 0 Å². The van der Waals surface area contributed by atoms with Crippen LogP contribution in [0.4, 0.5) is 0 Å². The number of hydrogen-bond donors (Lipinski definition) is 4. The second kappa shape index (κ2) is 12.5. The molecule has 0 saturated carbocycles. The number of nitrogens with one attached hydrogen (secondary N) is 2. The highest BCUT2D eigenvalue weighted by molar-refractivity contribution is 7.80. The molecule has 0 aliphatic carbocycles. The number of hydrogen-bond acceptors (Lipinski definition) is 8. The molecule has 150 valence electrons. The zero-order valence-corrected chi connectivity index (χ0v) is 16.5. The summed E-state index contributed by atoms with van der Waals surface area (Å²) in [5.74, 6) is -2.14. The molecular weight excluding hydrogens is 362 g/mol. The summed E-state index contributed by atoms with van der Waals surface area (Å²) < 4.78 is 9.84. The molecule has 2 amide bonds. The monoisotopic (exact) mass is 391 g/mol. The highest BCUT2D eigenvalue weighted by atomic mass is 32.1. The summed E-state index contributed by atoms with van der Waals surface area (Å²) in [6, 6.07) is -1.84. The van der Waals surface area contributed by atoms with Gasteiger partial charge in [0, 0.05) is 12.2 Å². The van der Waals surface area contributed by atoms with E-state index >= 15 is 0 Å². The minimum atomic E-state index is -0.920. The van der Waals surface area contributed by atoms with Crippen LogP contribution in [0, 0.1) is 0 Å². The Morgan fingerprint density at radius 1 is 1.04 bits per heavy atom. The molecule has 2 atom stereocenters. The third kappa shape index (κ3) is 10.9. The van der Waals surface area contributed by atoms with Crippen LogP contribution in [0.1, 0.15) is 40.5 Å². The molecule has 9 nitrogen and oxygen atoms in total. The van der Waals surface area contributed by atoms with Gasteiger partial charge in [0.1, 0.15) is 18.6 Å². The fraction of sp³-hybridized carbons (Fsp3) is 0.750. The van der Waals surface area contributed by atoms with Gasteiger partial charge in [0.05, 0.1) is 12.2 Å². The van der Waals surface area contributed by atoms with Crippen LogP contribution in [-0.2, 0) is 28.7 Å². The van der Waals surface area contributed by atoms with Crippen molar-refractivity contribution in [2.45, 2.75) is 64.8 Å². The molecule has 0 saturated heterocycles. The molecule has 0 aliphatic heterocycles. The molecule has 0 rings (SSSR count). The van der Waals surface area contributed by atoms with E-state index in [1.54, 1.807) is 27.7 Å². The summed E-state index contributed by atoms with van der Waals surface area (Å²) >= 11 is 4.02. The van der Waals surface area contributed by atoms with Crippen molar-refractivity contribution >= 4 is 36.4 Å². The summed E-state index contributed by atoms with van der Waals surface area (Å²) in [6.07, 6.45) is -0.547. The second-order valence-corrected chi connectivity index (χ2v) is 6.56. The molecule has 0 spiro atoms.